The van der Waals surface area contributed by atoms with Gasteiger partial charge in [0.1, 0.15) is 5.75 Å². The number of halogens is 1. The molecule has 0 spiro atoms. The first-order valence-electron chi connectivity index (χ1n) is 4.65. The smallest absolute Gasteiger partial charge is 0.123 e. The molecule has 0 aliphatic heterocycles. The summed E-state index contributed by atoms with van der Waals surface area (Å²) in [7, 11) is 0. The summed E-state index contributed by atoms with van der Waals surface area (Å²) in [5.41, 5.74) is 1.27. The average molecular weight is 288 g/mol. The summed E-state index contributed by atoms with van der Waals surface area (Å²) in [6.45, 7) is 3.02. The van der Waals surface area contributed by atoms with E-state index in [0.29, 0.717) is 0 Å². The first-order chi connectivity index (χ1) is 6.27. The molecule has 0 radical (unpaired) electrons. The predicted octanol–water partition coefficient (Wildman–Crippen LogP) is 3.39. The summed E-state index contributed by atoms with van der Waals surface area (Å²) in [5, 5.41) is 0. The third-order valence-corrected chi connectivity index (χ3v) is 3.56. The highest BCUT2D eigenvalue weighted by molar-refractivity contribution is 14.1. The van der Waals surface area contributed by atoms with Crippen molar-refractivity contribution in [3.8, 4) is 5.75 Å². The van der Waals surface area contributed by atoms with Gasteiger partial charge in [-0.1, -0.05) is 6.07 Å². The first-order valence-corrected chi connectivity index (χ1v) is 5.73. The fourth-order valence-corrected chi connectivity index (χ4v) is 1.71. The Labute approximate surface area is 92.6 Å². The maximum atomic E-state index is 5.74. The molecule has 13 heavy (non-hydrogen) atoms. The van der Waals surface area contributed by atoms with Crippen LogP contribution in [-0.4, -0.2) is 6.61 Å². The maximum absolute atomic E-state index is 5.74. The van der Waals surface area contributed by atoms with Gasteiger partial charge in [0.25, 0.3) is 0 Å². The molecule has 0 aromatic heterocycles. The lowest BCUT2D eigenvalue weighted by Gasteiger charge is -2.09. The molecular weight excluding hydrogens is 275 g/mol. The minimum atomic E-state index is 0.831. The van der Waals surface area contributed by atoms with Crippen LogP contribution >= 0.6 is 22.6 Å². The van der Waals surface area contributed by atoms with Crippen molar-refractivity contribution in [1.29, 1.82) is 0 Å². The molecule has 1 aliphatic carbocycles. The lowest BCUT2D eigenvalue weighted by molar-refractivity contribution is 0.297. The second kappa shape index (κ2) is 3.86. The van der Waals surface area contributed by atoms with Crippen molar-refractivity contribution < 1.29 is 4.74 Å². The van der Waals surface area contributed by atoms with Crippen LogP contribution in [0.1, 0.15) is 18.4 Å². The summed E-state index contributed by atoms with van der Waals surface area (Å²) < 4.78 is 7.02. The predicted molar refractivity (Wildman–Crippen MR) is 62.1 cm³/mol. The molecule has 0 unspecified atom stereocenters. The molecule has 2 heteroatoms. The Kier molecular flexibility index (Phi) is 2.77. The van der Waals surface area contributed by atoms with Crippen LogP contribution in [0.5, 0.6) is 5.75 Å². The van der Waals surface area contributed by atoms with Gasteiger partial charge in [0.15, 0.2) is 0 Å². The van der Waals surface area contributed by atoms with Gasteiger partial charge in [0, 0.05) is 9.13 Å². The van der Waals surface area contributed by atoms with E-state index in [-0.39, 0.29) is 0 Å². The lowest BCUT2D eigenvalue weighted by Crippen LogP contribution is -2.00. The van der Waals surface area contributed by atoms with Crippen LogP contribution in [0.15, 0.2) is 18.2 Å². The Morgan fingerprint density at radius 2 is 2.23 bits per heavy atom. The molecule has 0 bridgehead atoms. The Morgan fingerprint density at radius 3 is 2.92 bits per heavy atom. The number of benzene rings is 1. The summed E-state index contributed by atoms with van der Waals surface area (Å²) >= 11 is 2.34. The maximum Gasteiger partial charge on any atom is 0.123 e. The molecule has 1 aromatic rings. The van der Waals surface area contributed by atoms with Crippen molar-refractivity contribution in [3.05, 3.63) is 27.3 Å². The van der Waals surface area contributed by atoms with Crippen LogP contribution in [0.25, 0.3) is 0 Å². The quantitative estimate of drug-likeness (QED) is 0.775. The van der Waals surface area contributed by atoms with Crippen molar-refractivity contribution in [2.75, 3.05) is 6.61 Å². The third-order valence-electron chi connectivity index (χ3n) is 2.39. The third kappa shape index (κ3) is 2.36. The molecular formula is C11H13IO. The Balaban J connectivity index is 2.05. The van der Waals surface area contributed by atoms with Crippen molar-refractivity contribution in [1.82, 2.24) is 0 Å². The van der Waals surface area contributed by atoms with E-state index in [9.17, 15) is 0 Å². The largest absolute Gasteiger partial charge is 0.493 e. The highest BCUT2D eigenvalue weighted by atomic mass is 127. The monoisotopic (exact) mass is 288 g/mol. The summed E-state index contributed by atoms with van der Waals surface area (Å²) in [5.74, 6) is 1.89. The van der Waals surface area contributed by atoms with Gasteiger partial charge in [-0.05, 0) is 60.4 Å². The number of hydrogen-bond acceptors (Lipinski definition) is 1. The molecule has 1 fully saturated rings. The van der Waals surface area contributed by atoms with Crippen molar-refractivity contribution >= 4 is 22.6 Å². The topological polar surface area (TPSA) is 9.23 Å². The molecule has 1 saturated carbocycles. The second-order valence-corrected chi connectivity index (χ2v) is 4.78. The van der Waals surface area contributed by atoms with Gasteiger partial charge >= 0.3 is 0 Å². The molecule has 1 nitrogen and oxygen atoms in total. The fraction of sp³-hybridized carbons (Fsp3) is 0.455. The van der Waals surface area contributed by atoms with Gasteiger partial charge in [-0.25, -0.2) is 0 Å². The molecule has 0 N–H and O–H groups in total. The molecule has 70 valence electrons. The Hall–Kier alpha value is -0.250. The highest BCUT2D eigenvalue weighted by Gasteiger charge is 2.22. The zero-order valence-corrected chi connectivity index (χ0v) is 9.87. The molecule has 0 saturated heterocycles. The van der Waals surface area contributed by atoms with Crippen molar-refractivity contribution in [2.45, 2.75) is 19.8 Å². The van der Waals surface area contributed by atoms with Crippen molar-refractivity contribution in [2.24, 2.45) is 5.92 Å². The van der Waals surface area contributed by atoms with Crippen LogP contribution in [0, 0.1) is 16.4 Å². The van der Waals surface area contributed by atoms with E-state index >= 15 is 0 Å². The zero-order chi connectivity index (χ0) is 9.26. The molecule has 2 rings (SSSR count). The van der Waals surface area contributed by atoms with Gasteiger partial charge < -0.3 is 4.74 Å². The standard InChI is InChI=1S/C11H13IO/c1-8-10(12)3-2-4-11(8)13-7-9-5-6-9/h2-4,9H,5-7H2,1H3. The highest BCUT2D eigenvalue weighted by Crippen LogP contribution is 2.30. The molecule has 0 amide bonds. The Bertz CT molecular complexity index is 305. The lowest BCUT2D eigenvalue weighted by atomic mass is 10.2. The molecule has 1 aromatic carbocycles. The summed E-state index contributed by atoms with van der Waals surface area (Å²) in [4.78, 5) is 0. The zero-order valence-electron chi connectivity index (χ0n) is 7.72. The van der Waals surface area contributed by atoms with E-state index in [0.717, 1.165) is 18.3 Å². The van der Waals surface area contributed by atoms with Crippen LogP contribution in [-0.2, 0) is 0 Å². The molecule has 0 heterocycles. The van der Waals surface area contributed by atoms with Gasteiger partial charge in [-0.3, -0.25) is 0 Å². The minimum Gasteiger partial charge on any atom is -0.493 e. The van der Waals surface area contributed by atoms with Crippen LogP contribution in [0.2, 0.25) is 0 Å². The van der Waals surface area contributed by atoms with E-state index in [1.165, 1.54) is 22.0 Å². The van der Waals surface area contributed by atoms with E-state index < -0.39 is 0 Å². The van der Waals surface area contributed by atoms with Crippen molar-refractivity contribution in [3.63, 3.8) is 0 Å². The average Bonchev–Trinajstić information content (AvgIpc) is 2.91. The SMILES string of the molecule is Cc1c(I)cccc1OCC1CC1. The molecule has 1 aliphatic rings. The fourth-order valence-electron chi connectivity index (χ4n) is 1.24. The van der Waals surface area contributed by atoms with E-state index in [1.807, 2.05) is 0 Å². The first kappa shape index (κ1) is 9.31. The Morgan fingerprint density at radius 1 is 1.46 bits per heavy atom. The van der Waals surface area contributed by atoms with Crippen LogP contribution < -0.4 is 4.74 Å². The van der Waals surface area contributed by atoms with E-state index in [1.54, 1.807) is 0 Å². The van der Waals surface area contributed by atoms with Gasteiger partial charge in [0.2, 0.25) is 0 Å². The van der Waals surface area contributed by atoms with E-state index in [2.05, 4.69) is 47.7 Å². The van der Waals surface area contributed by atoms with Gasteiger partial charge in [-0.15, -0.1) is 0 Å². The van der Waals surface area contributed by atoms with E-state index in [4.69, 9.17) is 4.74 Å². The number of ether oxygens (including phenoxy) is 1. The number of hydrogen-bond donors (Lipinski definition) is 0. The second-order valence-electron chi connectivity index (χ2n) is 3.62. The van der Waals surface area contributed by atoms with Gasteiger partial charge in [-0.2, -0.15) is 0 Å². The van der Waals surface area contributed by atoms with Crippen LogP contribution in [0.3, 0.4) is 0 Å². The minimum absolute atomic E-state index is 0.831. The number of rotatable bonds is 3. The normalized spacial score (nSPS) is 15.8. The summed E-state index contributed by atoms with van der Waals surface area (Å²) in [6.07, 6.45) is 2.70. The van der Waals surface area contributed by atoms with Crippen LogP contribution in [0.4, 0.5) is 0 Å². The van der Waals surface area contributed by atoms with Gasteiger partial charge in [0.05, 0.1) is 6.61 Å². The summed E-state index contributed by atoms with van der Waals surface area (Å²) in [6, 6.07) is 6.22. The molecule has 0 atom stereocenters.